The first-order valence-corrected chi connectivity index (χ1v) is 4.67. The molecule has 1 aromatic carbocycles. The van der Waals surface area contributed by atoms with E-state index < -0.39 is 0 Å². The average Bonchev–Trinajstić information content (AvgIpc) is 2.18. The van der Waals surface area contributed by atoms with Crippen LogP contribution in [0.2, 0.25) is 0 Å². The Hall–Kier alpha value is -1.57. The molecule has 0 aliphatic heterocycles. The van der Waals surface area contributed by atoms with Crippen molar-refractivity contribution in [3.8, 4) is 0 Å². The summed E-state index contributed by atoms with van der Waals surface area (Å²) in [6.07, 6.45) is 2.01. The van der Waals surface area contributed by atoms with Gasteiger partial charge in [0.1, 0.15) is 0 Å². The van der Waals surface area contributed by atoms with Gasteiger partial charge in [-0.25, -0.2) is 0 Å². The molecule has 0 unspecified atom stereocenters. The molecule has 0 heterocycles. The maximum absolute atomic E-state index is 10.6. The molecule has 0 saturated heterocycles. The minimum absolute atomic E-state index is 0.00196. The van der Waals surface area contributed by atoms with Crippen LogP contribution in [-0.2, 0) is 4.79 Å². The lowest BCUT2D eigenvalue weighted by molar-refractivity contribution is -0.118. The Morgan fingerprint density at radius 2 is 1.93 bits per heavy atom. The van der Waals surface area contributed by atoms with Crippen molar-refractivity contribution in [3.63, 3.8) is 0 Å². The van der Waals surface area contributed by atoms with Gasteiger partial charge < -0.3 is 5.32 Å². The SMILES string of the molecule is CC(=O)NCC=C(C)c1ccccc1. The highest BCUT2D eigenvalue weighted by Crippen LogP contribution is 2.11. The van der Waals surface area contributed by atoms with Gasteiger partial charge in [0.25, 0.3) is 0 Å². The molecule has 1 aromatic rings. The predicted octanol–water partition coefficient (Wildman–Crippen LogP) is 2.23. The van der Waals surface area contributed by atoms with Crippen LogP contribution >= 0.6 is 0 Å². The number of allylic oxidation sites excluding steroid dienone is 1. The lowest BCUT2D eigenvalue weighted by Gasteiger charge is -2.01. The third-order valence-corrected chi connectivity index (χ3v) is 1.99. The van der Waals surface area contributed by atoms with Gasteiger partial charge in [-0.1, -0.05) is 36.4 Å². The molecule has 2 heteroatoms. The normalized spacial score (nSPS) is 11.1. The number of amides is 1. The second-order valence-electron chi connectivity index (χ2n) is 3.19. The summed E-state index contributed by atoms with van der Waals surface area (Å²) in [6, 6.07) is 10.1. The summed E-state index contributed by atoms with van der Waals surface area (Å²) in [5, 5.41) is 2.73. The molecule has 14 heavy (non-hydrogen) atoms. The summed E-state index contributed by atoms with van der Waals surface area (Å²) in [4.78, 5) is 10.6. The molecule has 0 spiro atoms. The van der Waals surface area contributed by atoms with Gasteiger partial charge in [-0.3, -0.25) is 4.79 Å². The Morgan fingerprint density at radius 1 is 1.29 bits per heavy atom. The van der Waals surface area contributed by atoms with Crippen LogP contribution in [0.1, 0.15) is 19.4 Å². The number of benzene rings is 1. The lowest BCUT2D eigenvalue weighted by Crippen LogP contribution is -2.19. The molecule has 0 fully saturated rings. The topological polar surface area (TPSA) is 29.1 Å². The van der Waals surface area contributed by atoms with Gasteiger partial charge in [0.05, 0.1) is 0 Å². The van der Waals surface area contributed by atoms with Gasteiger partial charge in [0.15, 0.2) is 0 Å². The third kappa shape index (κ3) is 3.44. The Bertz CT molecular complexity index is 327. The summed E-state index contributed by atoms with van der Waals surface area (Å²) in [5.41, 5.74) is 2.37. The highest BCUT2D eigenvalue weighted by molar-refractivity contribution is 5.73. The van der Waals surface area contributed by atoms with Crippen LogP contribution in [0.15, 0.2) is 36.4 Å². The van der Waals surface area contributed by atoms with E-state index in [4.69, 9.17) is 0 Å². The quantitative estimate of drug-likeness (QED) is 0.776. The summed E-state index contributed by atoms with van der Waals surface area (Å²) in [5.74, 6) is 0.00196. The van der Waals surface area contributed by atoms with Crippen LogP contribution < -0.4 is 5.32 Å². The second-order valence-corrected chi connectivity index (χ2v) is 3.19. The van der Waals surface area contributed by atoms with Crippen molar-refractivity contribution in [3.05, 3.63) is 42.0 Å². The zero-order valence-electron chi connectivity index (χ0n) is 8.58. The van der Waals surface area contributed by atoms with Crippen LogP contribution in [-0.4, -0.2) is 12.5 Å². The molecule has 1 N–H and O–H groups in total. The van der Waals surface area contributed by atoms with Gasteiger partial charge in [0, 0.05) is 13.5 Å². The standard InChI is InChI=1S/C12H15NO/c1-10(8-9-13-11(2)14)12-6-4-3-5-7-12/h3-8H,9H2,1-2H3,(H,13,14). The predicted molar refractivity (Wildman–Crippen MR) is 58.8 cm³/mol. The van der Waals surface area contributed by atoms with Crippen molar-refractivity contribution in [1.29, 1.82) is 0 Å². The van der Waals surface area contributed by atoms with Crippen LogP contribution in [0, 0.1) is 0 Å². The van der Waals surface area contributed by atoms with Gasteiger partial charge >= 0.3 is 0 Å². The first-order valence-electron chi connectivity index (χ1n) is 4.67. The number of carbonyl (C=O) groups excluding carboxylic acids is 1. The van der Waals surface area contributed by atoms with E-state index in [-0.39, 0.29) is 5.91 Å². The monoisotopic (exact) mass is 189 g/mol. The number of hydrogen-bond donors (Lipinski definition) is 1. The van der Waals surface area contributed by atoms with Crippen molar-refractivity contribution in [2.75, 3.05) is 6.54 Å². The van der Waals surface area contributed by atoms with Crippen molar-refractivity contribution >= 4 is 11.5 Å². The molecule has 0 aliphatic rings. The van der Waals surface area contributed by atoms with E-state index >= 15 is 0 Å². The van der Waals surface area contributed by atoms with Crippen LogP contribution in [0.25, 0.3) is 5.57 Å². The molecule has 74 valence electrons. The number of nitrogens with one attached hydrogen (secondary N) is 1. The van der Waals surface area contributed by atoms with Crippen LogP contribution in [0.5, 0.6) is 0 Å². The number of hydrogen-bond acceptors (Lipinski definition) is 1. The second kappa shape index (κ2) is 5.22. The number of rotatable bonds is 3. The Kier molecular flexibility index (Phi) is 3.92. The molecular weight excluding hydrogens is 174 g/mol. The van der Waals surface area contributed by atoms with E-state index in [1.165, 1.54) is 18.1 Å². The first-order chi connectivity index (χ1) is 6.70. The van der Waals surface area contributed by atoms with Gasteiger partial charge in [-0.15, -0.1) is 0 Å². The van der Waals surface area contributed by atoms with E-state index in [1.54, 1.807) is 0 Å². The van der Waals surface area contributed by atoms with E-state index in [9.17, 15) is 4.79 Å². The molecule has 1 amide bonds. The van der Waals surface area contributed by atoms with Crippen molar-refractivity contribution < 1.29 is 4.79 Å². The maximum Gasteiger partial charge on any atom is 0.217 e. The first kappa shape index (κ1) is 10.5. The van der Waals surface area contributed by atoms with E-state index in [1.807, 2.05) is 31.2 Å². The van der Waals surface area contributed by atoms with Gasteiger partial charge in [0.2, 0.25) is 5.91 Å². The molecule has 0 radical (unpaired) electrons. The van der Waals surface area contributed by atoms with Gasteiger partial charge in [-0.05, 0) is 18.1 Å². The largest absolute Gasteiger partial charge is 0.353 e. The van der Waals surface area contributed by atoms with E-state index in [2.05, 4.69) is 17.4 Å². The third-order valence-electron chi connectivity index (χ3n) is 1.99. The zero-order valence-corrected chi connectivity index (χ0v) is 8.58. The average molecular weight is 189 g/mol. The maximum atomic E-state index is 10.6. The van der Waals surface area contributed by atoms with Gasteiger partial charge in [-0.2, -0.15) is 0 Å². The molecule has 0 atom stereocenters. The summed E-state index contributed by atoms with van der Waals surface area (Å²) in [7, 11) is 0. The summed E-state index contributed by atoms with van der Waals surface area (Å²) >= 11 is 0. The molecule has 1 rings (SSSR count). The van der Waals surface area contributed by atoms with Crippen molar-refractivity contribution in [1.82, 2.24) is 5.32 Å². The molecule has 0 aromatic heterocycles. The molecule has 0 saturated carbocycles. The minimum atomic E-state index is 0.00196. The van der Waals surface area contributed by atoms with E-state index in [0.717, 1.165) is 0 Å². The van der Waals surface area contributed by atoms with Crippen LogP contribution in [0.4, 0.5) is 0 Å². The highest BCUT2D eigenvalue weighted by Gasteiger charge is 1.93. The van der Waals surface area contributed by atoms with E-state index in [0.29, 0.717) is 6.54 Å². The summed E-state index contributed by atoms with van der Waals surface area (Å²) < 4.78 is 0. The lowest BCUT2D eigenvalue weighted by atomic mass is 10.1. The Balaban J connectivity index is 2.57. The Labute approximate surface area is 84.6 Å². The molecule has 2 nitrogen and oxygen atoms in total. The molecular formula is C12H15NO. The summed E-state index contributed by atoms with van der Waals surface area (Å²) in [6.45, 7) is 4.15. The molecule has 0 bridgehead atoms. The van der Waals surface area contributed by atoms with Crippen LogP contribution in [0.3, 0.4) is 0 Å². The van der Waals surface area contributed by atoms with Crippen molar-refractivity contribution in [2.24, 2.45) is 0 Å². The zero-order chi connectivity index (χ0) is 10.4. The fourth-order valence-corrected chi connectivity index (χ4v) is 1.17. The fraction of sp³-hybridized carbons (Fsp3) is 0.250. The Morgan fingerprint density at radius 3 is 2.50 bits per heavy atom. The molecule has 0 aliphatic carbocycles. The highest BCUT2D eigenvalue weighted by atomic mass is 16.1. The smallest absolute Gasteiger partial charge is 0.217 e. The van der Waals surface area contributed by atoms with Crippen molar-refractivity contribution in [2.45, 2.75) is 13.8 Å². The number of carbonyl (C=O) groups is 1. The fourth-order valence-electron chi connectivity index (χ4n) is 1.17. The minimum Gasteiger partial charge on any atom is -0.353 e.